The molecule has 2 saturated heterocycles. The topological polar surface area (TPSA) is 69.6 Å². The fourth-order valence-electron chi connectivity index (χ4n) is 4.03. The van der Waals surface area contributed by atoms with E-state index in [0.29, 0.717) is 32.1 Å². The number of piperidine rings is 1. The summed E-state index contributed by atoms with van der Waals surface area (Å²) in [5.41, 5.74) is 1.11. The third-order valence-corrected chi connectivity index (χ3v) is 7.55. The molecule has 0 spiro atoms. The predicted octanol–water partition coefficient (Wildman–Crippen LogP) is 2.57. The molecule has 1 aromatic heterocycles. The number of anilines is 2. The Morgan fingerprint density at radius 2 is 1.63 bits per heavy atom. The van der Waals surface area contributed by atoms with E-state index in [1.165, 1.54) is 35.7 Å². The zero-order valence-corrected chi connectivity index (χ0v) is 18.1. The molecule has 0 unspecified atom stereocenters. The third-order valence-electron chi connectivity index (χ3n) is 5.72. The minimum absolute atomic E-state index is 0.202. The fraction of sp³-hybridized carbons (Fsp3) is 0.524. The first-order valence-corrected chi connectivity index (χ1v) is 12.1. The van der Waals surface area contributed by atoms with Gasteiger partial charge in [-0.3, -0.25) is 0 Å². The zero-order valence-electron chi connectivity index (χ0n) is 17.3. The number of hydrogen-bond acceptors (Lipinski definition) is 6. The maximum absolute atomic E-state index is 13.9. The highest BCUT2D eigenvalue weighted by Gasteiger charge is 2.29. The Morgan fingerprint density at radius 1 is 0.933 bits per heavy atom. The van der Waals surface area contributed by atoms with Crippen LogP contribution in [0.5, 0.6) is 0 Å². The van der Waals surface area contributed by atoms with E-state index in [1.54, 1.807) is 12.1 Å². The van der Waals surface area contributed by atoms with Crippen molar-refractivity contribution in [2.75, 3.05) is 49.1 Å². The van der Waals surface area contributed by atoms with Gasteiger partial charge in [0.25, 0.3) is 0 Å². The lowest BCUT2D eigenvalue weighted by Gasteiger charge is -2.35. The second-order valence-corrected chi connectivity index (χ2v) is 9.92. The third kappa shape index (κ3) is 4.73. The number of nitrogens with zero attached hydrogens (tertiary/aromatic N) is 5. The highest BCUT2D eigenvalue weighted by atomic mass is 32.2. The number of rotatable bonds is 5. The molecule has 162 valence electrons. The largest absolute Gasteiger partial charge is 0.356 e. The van der Waals surface area contributed by atoms with Crippen LogP contribution in [0.1, 0.15) is 30.5 Å². The van der Waals surface area contributed by atoms with Crippen molar-refractivity contribution in [2.45, 2.75) is 31.9 Å². The molecule has 1 aromatic carbocycles. The number of benzene rings is 1. The van der Waals surface area contributed by atoms with Crippen LogP contribution in [0.15, 0.2) is 30.3 Å². The van der Waals surface area contributed by atoms with Crippen molar-refractivity contribution in [1.82, 2.24) is 14.3 Å². The van der Waals surface area contributed by atoms with Gasteiger partial charge in [0, 0.05) is 56.6 Å². The molecule has 0 radical (unpaired) electrons. The monoisotopic (exact) mass is 433 g/mol. The lowest BCUT2D eigenvalue weighted by atomic mass is 10.1. The maximum Gasteiger partial charge on any atom is 0.227 e. The molecule has 2 aliphatic rings. The smallest absolute Gasteiger partial charge is 0.227 e. The summed E-state index contributed by atoms with van der Waals surface area (Å²) in [7, 11) is -3.58. The van der Waals surface area contributed by atoms with Crippen LogP contribution in [-0.4, -0.2) is 62.0 Å². The van der Waals surface area contributed by atoms with Crippen molar-refractivity contribution in [3.63, 3.8) is 0 Å². The van der Waals surface area contributed by atoms with Crippen LogP contribution in [0.25, 0.3) is 0 Å². The second-order valence-electron chi connectivity index (χ2n) is 7.95. The maximum atomic E-state index is 13.9. The SMILES string of the molecule is Cc1cc(N2CCCCC2)nc(N2CCN(S(=O)(=O)Cc3ccccc3F)CC2)n1. The number of sulfonamides is 1. The van der Waals surface area contributed by atoms with Crippen molar-refractivity contribution < 1.29 is 12.8 Å². The molecule has 3 heterocycles. The van der Waals surface area contributed by atoms with Crippen LogP contribution < -0.4 is 9.80 Å². The van der Waals surface area contributed by atoms with E-state index in [4.69, 9.17) is 4.98 Å². The van der Waals surface area contributed by atoms with E-state index in [1.807, 2.05) is 17.9 Å². The number of piperazine rings is 1. The number of hydrogen-bond donors (Lipinski definition) is 0. The minimum Gasteiger partial charge on any atom is -0.356 e. The van der Waals surface area contributed by atoms with Gasteiger partial charge in [-0.1, -0.05) is 18.2 Å². The van der Waals surface area contributed by atoms with Crippen LogP contribution in [0.4, 0.5) is 16.2 Å². The van der Waals surface area contributed by atoms with Gasteiger partial charge >= 0.3 is 0 Å². The Kier molecular flexibility index (Phi) is 6.19. The Bertz CT molecular complexity index is 987. The Morgan fingerprint density at radius 3 is 2.33 bits per heavy atom. The van der Waals surface area contributed by atoms with Crippen LogP contribution in [0, 0.1) is 12.7 Å². The van der Waals surface area contributed by atoms with E-state index in [9.17, 15) is 12.8 Å². The lowest BCUT2D eigenvalue weighted by Crippen LogP contribution is -2.49. The Hall–Kier alpha value is -2.26. The van der Waals surface area contributed by atoms with Gasteiger partial charge in [0.15, 0.2) is 0 Å². The van der Waals surface area contributed by atoms with Crippen LogP contribution in [-0.2, 0) is 15.8 Å². The van der Waals surface area contributed by atoms with E-state index in [-0.39, 0.29) is 11.3 Å². The quantitative estimate of drug-likeness (QED) is 0.722. The Labute approximate surface area is 177 Å². The molecule has 0 aliphatic carbocycles. The normalized spacial score (nSPS) is 18.6. The van der Waals surface area contributed by atoms with Crippen molar-refractivity contribution in [2.24, 2.45) is 0 Å². The molecular weight excluding hydrogens is 405 g/mol. The van der Waals surface area contributed by atoms with Gasteiger partial charge in [-0.2, -0.15) is 9.29 Å². The summed E-state index contributed by atoms with van der Waals surface area (Å²) >= 11 is 0. The number of halogens is 1. The summed E-state index contributed by atoms with van der Waals surface area (Å²) in [5.74, 6) is 0.798. The molecule has 2 aliphatic heterocycles. The average Bonchev–Trinajstić information content (AvgIpc) is 2.75. The molecule has 0 amide bonds. The van der Waals surface area contributed by atoms with Gasteiger partial charge in [0.2, 0.25) is 16.0 Å². The summed E-state index contributed by atoms with van der Waals surface area (Å²) in [6.07, 6.45) is 3.62. The first-order chi connectivity index (χ1) is 14.4. The highest BCUT2D eigenvalue weighted by molar-refractivity contribution is 7.88. The summed E-state index contributed by atoms with van der Waals surface area (Å²) in [4.78, 5) is 13.7. The summed E-state index contributed by atoms with van der Waals surface area (Å²) < 4.78 is 40.9. The van der Waals surface area contributed by atoms with E-state index >= 15 is 0 Å². The van der Waals surface area contributed by atoms with Gasteiger partial charge < -0.3 is 9.80 Å². The lowest BCUT2D eigenvalue weighted by molar-refractivity contribution is 0.381. The molecule has 0 atom stereocenters. The molecule has 7 nitrogen and oxygen atoms in total. The van der Waals surface area contributed by atoms with Crippen molar-refractivity contribution in [3.8, 4) is 0 Å². The van der Waals surface area contributed by atoms with Crippen LogP contribution in [0.3, 0.4) is 0 Å². The van der Waals surface area contributed by atoms with Gasteiger partial charge in [-0.25, -0.2) is 17.8 Å². The van der Waals surface area contributed by atoms with Crippen molar-refractivity contribution in [1.29, 1.82) is 0 Å². The van der Waals surface area contributed by atoms with Crippen LogP contribution >= 0.6 is 0 Å². The standard InChI is InChI=1S/C21H28FN5O2S/c1-17-15-20(25-9-5-2-6-10-25)24-21(23-17)26-11-13-27(14-12-26)30(28,29)16-18-7-3-4-8-19(18)22/h3-4,7-8,15H,2,5-6,9-14,16H2,1H3. The van der Waals surface area contributed by atoms with Gasteiger partial charge in [0.05, 0.1) is 5.75 Å². The van der Waals surface area contributed by atoms with Crippen molar-refractivity contribution >= 4 is 21.8 Å². The number of aryl methyl sites for hydroxylation is 1. The average molecular weight is 434 g/mol. The van der Waals surface area contributed by atoms with Crippen molar-refractivity contribution in [3.05, 3.63) is 47.4 Å². The van der Waals surface area contributed by atoms with E-state index in [2.05, 4.69) is 9.88 Å². The molecule has 0 saturated carbocycles. The first kappa shape index (κ1) is 21.0. The van der Waals surface area contributed by atoms with Gasteiger partial charge in [-0.05, 0) is 32.3 Å². The fourth-order valence-corrected chi connectivity index (χ4v) is 5.56. The molecule has 9 heteroatoms. The zero-order chi connectivity index (χ0) is 21.1. The molecule has 30 heavy (non-hydrogen) atoms. The predicted molar refractivity (Wildman–Crippen MR) is 116 cm³/mol. The molecule has 2 fully saturated rings. The molecule has 4 rings (SSSR count). The molecule has 2 aromatic rings. The van der Waals surface area contributed by atoms with E-state index in [0.717, 1.165) is 24.6 Å². The first-order valence-electron chi connectivity index (χ1n) is 10.5. The molecule has 0 bridgehead atoms. The minimum atomic E-state index is -3.58. The van der Waals surface area contributed by atoms with Gasteiger partial charge in [-0.15, -0.1) is 0 Å². The summed E-state index contributed by atoms with van der Waals surface area (Å²) in [5, 5.41) is 0. The Balaban J connectivity index is 1.43. The summed E-state index contributed by atoms with van der Waals surface area (Å²) in [6.45, 7) is 5.70. The second kappa shape index (κ2) is 8.85. The van der Waals surface area contributed by atoms with E-state index < -0.39 is 15.8 Å². The molecular formula is C21H28FN5O2S. The van der Waals surface area contributed by atoms with Crippen LogP contribution in [0.2, 0.25) is 0 Å². The highest BCUT2D eigenvalue weighted by Crippen LogP contribution is 2.23. The summed E-state index contributed by atoms with van der Waals surface area (Å²) in [6, 6.07) is 8.04. The molecule has 0 N–H and O–H groups in total. The van der Waals surface area contributed by atoms with Gasteiger partial charge in [0.1, 0.15) is 11.6 Å². The number of aromatic nitrogens is 2.